The van der Waals surface area contributed by atoms with Gasteiger partial charge in [0.2, 0.25) is 0 Å². The molecule has 4 heteroatoms. The van der Waals surface area contributed by atoms with Crippen molar-refractivity contribution in [3.8, 4) is 5.75 Å². The summed E-state index contributed by atoms with van der Waals surface area (Å²) in [6.07, 6.45) is 0.760. The minimum Gasteiger partial charge on any atom is -0.496 e. The maximum absolute atomic E-state index is 5.98. The highest BCUT2D eigenvalue weighted by molar-refractivity contribution is 9.10. The highest BCUT2D eigenvalue weighted by Gasteiger charge is 2.09. The number of hydrogen-bond donors (Lipinski definition) is 1. The van der Waals surface area contributed by atoms with Crippen molar-refractivity contribution in [3.63, 3.8) is 0 Å². The number of halogens is 2. The van der Waals surface area contributed by atoms with Crippen LogP contribution < -0.4 is 10.5 Å². The van der Waals surface area contributed by atoms with Gasteiger partial charge in [-0.3, -0.25) is 0 Å². The topological polar surface area (TPSA) is 35.2 Å². The fraction of sp³-hybridized carbons (Fsp3) is 0.400. The van der Waals surface area contributed by atoms with E-state index in [0.717, 1.165) is 22.2 Å². The van der Waals surface area contributed by atoms with Crippen molar-refractivity contribution in [2.75, 3.05) is 7.11 Å². The highest BCUT2D eigenvalue weighted by atomic mass is 79.9. The molecule has 0 saturated heterocycles. The summed E-state index contributed by atoms with van der Waals surface area (Å²) in [5.74, 6) is 0.818. The van der Waals surface area contributed by atoms with Crippen molar-refractivity contribution >= 4 is 27.5 Å². The zero-order valence-corrected chi connectivity index (χ0v) is 10.5. The van der Waals surface area contributed by atoms with E-state index in [9.17, 15) is 0 Å². The van der Waals surface area contributed by atoms with Crippen LogP contribution in [0.15, 0.2) is 16.6 Å². The Morgan fingerprint density at radius 3 is 2.71 bits per heavy atom. The van der Waals surface area contributed by atoms with Gasteiger partial charge in [0.15, 0.2) is 0 Å². The van der Waals surface area contributed by atoms with Gasteiger partial charge in [-0.2, -0.15) is 0 Å². The average molecular weight is 279 g/mol. The van der Waals surface area contributed by atoms with E-state index in [0.29, 0.717) is 5.02 Å². The van der Waals surface area contributed by atoms with Gasteiger partial charge in [-0.15, -0.1) is 0 Å². The predicted octanol–water partition coefficient (Wildman–Crippen LogP) is 3.00. The summed E-state index contributed by atoms with van der Waals surface area (Å²) in [4.78, 5) is 0. The lowest BCUT2D eigenvalue weighted by molar-refractivity contribution is 0.408. The molecule has 0 bridgehead atoms. The van der Waals surface area contributed by atoms with Crippen LogP contribution in [0, 0.1) is 0 Å². The first kappa shape index (κ1) is 11.8. The number of benzene rings is 1. The molecule has 0 aromatic heterocycles. The third-order valence-corrected chi connectivity index (χ3v) is 3.06. The summed E-state index contributed by atoms with van der Waals surface area (Å²) in [7, 11) is 1.64. The molecule has 2 nitrogen and oxygen atoms in total. The van der Waals surface area contributed by atoms with Crippen LogP contribution in [-0.4, -0.2) is 13.2 Å². The Morgan fingerprint density at radius 2 is 2.21 bits per heavy atom. The molecule has 14 heavy (non-hydrogen) atoms. The largest absolute Gasteiger partial charge is 0.496 e. The molecular weight excluding hydrogens is 265 g/mol. The van der Waals surface area contributed by atoms with E-state index in [1.54, 1.807) is 7.11 Å². The number of rotatable bonds is 3. The molecule has 1 aromatic rings. The van der Waals surface area contributed by atoms with E-state index in [1.807, 2.05) is 19.1 Å². The minimum atomic E-state index is 0.0983. The first-order valence-electron chi connectivity index (χ1n) is 4.32. The third kappa shape index (κ3) is 2.87. The zero-order valence-electron chi connectivity index (χ0n) is 8.18. The quantitative estimate of drug-likeness (QED) is 0.922. The fourth-order valence-corrected chi connectivity index (χ4v) is 1.77. The van der Waals surface area contributed by atoms with Crippen molar-refractivity contribution in [1.29, 1.82) is 0 Å². The van der Waals surface area contributed by atoms with Gasteiger partial charge in [-0.25, -0.2) is 0 Å². The average Bonchev–Trinajstić information content (AvgIpc) is 2.10. The van der Waals surface area contributed by atoms with Crippen molar-refractivity contribution in [3.05, 3.63) is 27.2 Å². The number of hydrogen-bond acceptors (Lipinski definition) is 2. The molecule has 1 atom stereocenters. The number of methoxy groups -OCH3 is 1. The van der Waals surface area contributed by atoms with Crippen LogP contribution >= 0.6 is 27.5 Å². The standard InChI is InChI=1S/C10H13BrClNO/c1-6(13)3-7-4-9(12)8(11)5-10(7)14-2/h4-6H,3,13H2,1-2H3. The Balaban J connectivity index is 3.07. The molecule has 0 aliphatic rings. The van der Waals surface area contributed by atoms with Gasteiger partial charge in [-0.1, -0.05) is 11.6 Å². The molecular formula is C10H13BrClNO. The molecule has 0 aliphatic heterocycles. The van der Waals surface area contributed by atoms with Gasteiger partial charge in [0.1, 0.15) is 5.75 Å². The predicted molar refractivity (Wildman–Crippen MR) is 63.1 cm³/mol. The summed E-state index contributed by atoms with van der Waals surface area (Å²) in [6, 6.07) is 3.84. The lowest BCUT2D eigenvalue weighted by Gasteiger charge is -2.12. The first-order valence-corrected chi connectivity index (χ1v) is 5.49. The maximum Gasteiger partial charge on any atom is 0.123 e. The van der Waals surface area contributed by atoms with Crippen LogP contribution in [0.5, 0.6) is 5.75 Å². The third-order valence-electron chi connectivity index (χ3n) is 1.87. The molecule has 1 unspecified atom stereocenters. The van der Waals surface area contributed by atoms with Crippen molar-refractivity contribution in [1.82, 2.24) is 0 Å². The van der Waals surface area contributed by atoms with Crippen LogP contribution in [0.25, 0.3) is 0 Å². The molecule has 2 N–H and O–H groups in total. The smallest absolute Gasteiger partial charge is 0.123 e. The van der Waals surface area contributed by atoms with Crippen LogP contribution in [-0.2, 0) is 6.42 Å². The Labute approximate surface area is 97.5 Å². The molecule has 0 heterocycles. The van der Waals surface area contributed by atoms with E-state index in [-0.39, 0.29) is 6.04 Å². The molecule has 0 saturated carbocycles. The highest BCUT2D eigenvalue weighted by Crippen LogP contribution is 2.31. The molecule has 0 aliphatic carbocycles. The van der Waals surface area contributed by atoms with E-state index in [4.69, 9.17) is 22.1 Å². The lowest BCUT2D eigenvalue weighted by Crippen LogP contribution is -2.18. The molecule has 1 rings (SSSR count). The second-order valence-corrected chi connectivity index (χ2v) is 4.52. The van der Waals surface area contributed by atoms with Gasteiger partial charge >= 0.3 is 0 Å². The second kappa shape index (κ2) is 5.01. The number of nitrogens with two attached hydrogens (primary N) is 1. The monoisotopic (exact) mass is 277 g/mol. The minimum absolute atomic E-state index is 0.0983. The molecule has 1 aromatic carbocycles. The van der Waals surface area contributed by atoms with E-state index >= 15 is 0 Å². The zero-order chi connectivity index (χ0) is 10.7. The second-order valence-electron chi connectivity index (χ2n) is 3.26. The molecule has 0 amide bonds. The van der Waals surface area contributed by atoms with Crippen LogP contribution in [0.1, 0.15) is 12.5 Å². The van der Waals surface area contributed by atoms with E-state index < -0.39 is 0 Å². The SMILES string of the molecule is COc1cc(Br)c(Cl)cc1CC(C)N. The van der Waals surface area contributed by atoms with Crippen molar-refractivity contribution in [2.45, 2.75) is 19.4 Å². The van der Waals surface area contributed by atoms with E-state index in [1.165, 1.54) is 0 Å². The summed E-state index contributed by atoms with van der Waals surface area (Å²) >= 11 is 9.33. The van der Waals surface area contributed by atoms with Gasteiger partial charge in [0.05, 0.1) is 12.1 Å². The first-order chi connectivity index (χ1) is 6.54. The molecule has 0 radical (unpaired) electrons. The molecule has 0 fully saturated rings. The normalized spacial score (nSPS) is 12.6. The van der Waals surface area contributed by atoms with Gasteiger partial charge in [-0.05, 0) is 47.0 Å². The van der Waals surface area contributed by atoms with Crippen molar-refractivity contribution in [2.24, 2.45) is 5.73 Å². The molecule has 0 spiro atoms. The summed E-state index contributed by atoms with van der Waals surface area (Å²) in [5, 5.41) is 0.682. The van der Waals surface area contributed by atoms with Crippen LogP contribution in [0.3, 0.4) is 0 Å². The van der Waals surface area contributed by atoms with Crippen molar-refractivity contribution < 1.29 is 4.74 Å². The van der Waals surface area contributed by atoms with E-state index in [2.05, 4.69) is 15.9 Å². The lowest BCUT2D eigenvalue weighted by atomic mass is 10.1. The Bertz CT molecular complexity index is 328. The van der Waals surface area contributed by atoms with Gasteiger partial charge in [0.25, 0.3) is 0 Å². The van der Waals surface area contributed by atoms with Gasteiger partial charge < -0.3 is 10.5 Å². The Kier molecular flexibility index (Phi) is 4.23. The fourth-order valence-electron chi connectivity index (χ4n) is 1.27. The maximum atomic E-state index is 5.98. The summed E-state index contributed by atoms with van der Waals surface area (Å²) < 4.78 is 6.08. The van der Waals surface area contributed by atoms with Crippen LogP contribution in [0.2, 0.25) is 5.02 Å². The van der Waals surface area contributed by atoms with Crippen LogP contribution in [0.4, 0.5) is 0 Å². The summed E-state index contributed by atoms with van der Waals surface area (Å²) in [5.41, 5.74) is 6.76. The Hall–Kier alpha value is -0.250. The molecule has 78 valence electrons. The Morgan fingerprint density at radius 1 is 1.57 bits per heavy atom. The summed E-state index contributed by atoms with van der Waals surface area (Å²) in [6.45, 7) is 1.95. The number of ether oxygens (including phenoxy) is 1. The van der Waals surface area contributed by atoms with Gasteiger partial charge in [0, 0.05) is 10.5 Å².